The molecule has 1 fully saturated rings. The fourth-order valence-corrected chi connectivity index (χ4v) is 2.06. The van der Waals surface area contributed by atoms with E-state index in [2.05, 4.69) is 9.98 Å². The molecule has 0 saturated carbocycles. The van der Waals surface area contributed by atoms with E-state index in [1.54, 1.807) is 0 Å². The topological polar surface area (TPSA) is 34.0 Å². The van der Waals surface area contributed by atoms with Gasteiger partial charge in [-0.15, -0.1) is 0 Å². The summed E-state index contributed by atoms with van der Waals surface area (Å²) in [6.45, 7) is 5.96. The molecule has 0 aromatic heterocycles. The predicted molar refractivity (Wildman–Crippen MR) is 116 cm³/mol. The monoisotopic (exact) mass is 464 g/mol. The van der Waals surface area contributed by atoms with Crippen molar-refractivity contribution in [2.24, 2.45) is 9.98 Å². The standard InChI is InChI=1S/C16H16N2.C4H8O.3ClH.V/c1-13(17-15-9-5-3-6-10-15)14(2)18-16-11-7-4-8-12-16;1-2-4-5-3-1;;;;/h3-12H,1-2H3;1-4H2;3*1H;/q;;;;;+3/p-3. The summed E-state index contributed by atoms with van der Waals surface area (Å²) in [4.78, 5) is 9.08. The quantitative estimate of drug-likeness (QED) is 0.434. The fourth-order valence-electron chi connectivity index (χ4n) is 2.06. The van der Waals surface area contributed by atoms with Crippen molar-refractivity contribution in [3.63, 3.8) is 0 Å². The summed E-state index contributed by atoms with van der Waals surface area (Å²) in [5.74, 6) is 0. The van der Waals surface area contributed by atoms with E-state index < -0.39 is 12.3 Å². The zero-order valence-electron chi connectivity index (χ0n) is 15.5. The number of hydrogen-bond acceptors (Lipinski definition) is 3. The summed E-state index contributed by atoms with van der Waals surface area (Å²) in [5, 5.41) is 0. The summed E-state index contributed by atoms with van der Waals surface area (Å²) >= 11 is -1.77. The summed E-state index contributed by atoms with van der Waals surface area (Å²) in [6.07, 6.45) is 2.56. The first kappa shape index (κ1) is 24.2. The van der Waals surface area contributed by atoms with Gasteiger partial charge in [-0.3, -0.25) is 9.98 Å². The van der Waals surface area contributed by atoms with E-state index >= 15 is 0 Å². The van der Waals surface area contributed by atoms with Gasteiger partial charge in [0.25, 0.3) is 0 Å². The van der Waals surface area contributed by atoms with Gasteiger partial charge < -0.3 is 4.74 Å². The van der Waals surface area contributed by atoms with E-state index in [0.717, 1.165) is 36.0 Å². The number of rotatable bonds is 3. The summed E-state index contributed by atoms with van der Waals surface area (Å²) in [7, 11) is 14.9. The van der Waals surface area contributed by atoms with Crippen LogP contribution in [0.4, 0.5) is 11.4 Å². The van der Waals surface area contributed by atoms with Gasteiger partial charge >= 0.3 is 41.8 Å². The molecule has 1 heterocycles. The Balaban J connectivity index is 0.000000333. The molecule has 0 bridgehead atoms. The zero-order valence-corrected chi connectivity index (χ0v) is 19.2. The van der Waals surface area contributed by atoms with Crippen LogP contribution in [-0.2, 0) is 17.0 Å². The van der Waals surface area contributed by atoms with Crippen molar-refractivity contribution in [3.8, 4) is 0 Å². The molecule has 0 atom stereocenters. The van der Waals surface area contributed by atoms with E-state index in [9.17, 15) is 0 Å². The van der Waals surface area contributed by atoms with E-state index in [-0.39, 0.29) is 0 Å². The number of hydrogen-bond donors (Lipinski definition) is 0. The van der Waals surface area contributed by atoms with Crippen molar-refractivity contribution in [2.75, 3.05) is 13.2 Å². The van der Waals surface area contributed by atoms with Crippen LogP contribution in [0.25, 0.3) is 0 Å². The third-order valence-corrected chi connectivity index (χ3v) is 3.46. The van der Waals surface area contributed by atoms with Crippen LogP contribution in [-0.4, -0.2) is 24.6 Å². The Labute approximate surface area is 179 Å². The van der Waals surface area contributed by atoms with Crippen molar-refractivity contribution in [1.29, 1.82) is 0 Å². The molecule has 3 nitrogen and oxygen atoms in total. The third kappa shape index (κ3) is 13.1. The first-order chi connectivity index (χ1) is 13.0. The third-order valence-electron chi connectivity index (χ3n) is 3.46. The number of ether oxygens (including phenoxy) is 1. The normalized spacial score (nSPS) is 14.1. The molecule has 2 aromatic rings. The summed E-state index contributed by atoms with van der Waals surface area (Å²) in [5.41, 5.74) is 3.78. The van der Waals surface area contributed by atoms with Crippen molar-refractivity contribution in [2.45, 2.75) is 26.7 Å². The number of aliphatic imine (C=N–C) groups is 2. The van der Waals surface area contributed by atoms with Crippen LogP contribution in [0.3, 0.4) is 0 Å². The van der Waals surface area contributed by atoms with Gasteiger partial charge in [0.05, 0.1) is 22.8 Å². The number of benzene rings is 2. The average Bonchev–Trinajstić information content (AvgIpc) is 3.23. The molecule has 1 aliphatic heterocycles. The molecule has 0 spiro atoms. The van der Waals surface area contributed by atoms with Crippen molar-refractivity contribution in [3.05, 3.63) is 60.7 Å². The molecular weight excluding hydrogens is 442 g/mol. The maximum atomic E-state index is 4.95. The molecule has 2 aromatic carbocycles. The van der Waals surface area contributed by atoms with Gasteiger partial charge in [-0.2, -0.15) is 0 Å². The van der Waals surface area contributed by atoms with Gasteiger partial charge in [0.2, 0.25) is 0 Å². The Bertz CT molecular complexity index is 627. The molecule has 0 radical (unpaired) electrons. The Kier molecular flexibility index (Phi) is 13.6. The van der Waals surface area contributed by atoms with Crippen LogP contribution in [0, 0.1) is 0 Å². The van der Waals surface area contributed by atoms with Gasteiger partial charge in [0.15, 0.2) is 0 Å². The molecule has 3 rings (SSSR count). The van der Waals surface area contributed by atoms with E-state index in [0.29, 0.717) is 0 Å². The fraction of sp³-hybridized carbons (Fsp3) is 0.300. The molecular formula is C20H24Cl3N2OV. The molecule has 0 N–H and O–H groups in total. The maximum absolute atomic E-state index is 4.95. The first-order valence-corrected chi connectivity index (χ1v) is 14.3. The van der Waals surface area contributed by atoms with Crippen molar-refractivity contribution < 1.29 is 17.0 Å². The van der Waals surface area contributed by atoms with Gasteiger partial charge in [-0.25, -0.2) is 0 Å². The van der Waals surface area contributed by atoms with Gasteiger partial charge in [-0.05, 0) is 51.0 Å². The van der Waals surface area contributed by atoms with E-state index in [4.69, 9.17) is 34.3 Å². The Hall–Kier alpha value is -0.806. The van der Waals surface area contributed by atoms with Crippen LogP contribution < -0.4 is 0 Å². The van der Waals surface area contributed by atoms with Crippen LogP contribution in [0.2, 0.25) is 0 Å². The molecule has 1 aliphatic rings. The summed E-state index contributed by atoms with van der Waals surface area (Å²) in [6, 6.07) is 19.8. The number of para-hydroxylation sites is 2. The van der Waals surface area contributed by atoms with Crippen molar-refractivity contribution in [1.82, 2.24) is 0 Å². The van der Waals surface area contributed by atoms with Gasteiger partial charge in [0, 0.05) is 13.2 Å². The molecule has 0 amide bonds. The minimum atomic E-state index is -1.77. The average molecular weight is 466 g/mol. The Morgan fingerprint density at radius 2 is 1.07 bits per heavy atom. The second-order valence-corrected chi connectivity index (χ2v) is 12.5. The van der Waals surface area contributed by atoms with Gasteiger partial charge in [-0.1, -0.05) is 36.4 Å². The first-order valence-electron chi connectivity index (χ1n) is 8.55. The number of nitrogens with zero attached hydrogens (tertiary/aromatic N) is 2. The molecule has 27 heavy (non-hydrogen) atoms. The second kappa shape index (κ2) is 15.2. The van der Waals surface area contributed by atoms with Crippen LogP contribution in [0.5, 0.6) is 0 Å². The van der Waals surface area contributed by atoms with Crippen LogP contribution in [0.15, 0.2) is 70.6 Å². The molecule has 7 heteroatoms. The predicted octanol–water partition coefficient (Wildman–Crippen LogP) is 7.43. The van der Waals surface area contributed by atoms with Gasteiger partial charge in [0.1, 0.15) is 0 Å². The zero-order chi connectivity index (χ0) is 19.9. The van der Waals surface area contributed by atoms with Crippen molar-refractivity contribution >= 4 is 52.3 Å². The van der Waals surface area contributed by atoms with Crippen LogP contribution in [0.1, 0.15) is 26.7 Å². The summed E-state index contributed by atoms with van der Waals surface area (Å²) < 4.78 is 4.94. The van der Waals surface area contributed by atoms with E-state index in [1.165, 1.54) is 12.8 Å². The van der Waals surface area contributed by atoms with E-state index in [1.807, 2.05) is 74.5 Å². The molecule has 0 aliphatic carbocycles. The number of halogens is 3. The Morgan fingerprint density at radius 3 is 1.33 bits per heavy atom. The molecule has 146 valence electrons. The second-order valence-electron chi connectivity index (χ2n) is 5.58. The molecule has 0 unspecified atom stereocenters. The molecule has 1 saturated heterocycles. The van der Waals surface area contributed by atoms with Crippen LogP contribution >= 0.6 is 29.5 Å². The SMILES string of the molecule is C1CCOC1.CC(=Nc1ccccc1)C(C)=Nc1ccccc1.[Cl][V]([Cl])[Cl]. The Morgan fingerprint density at radius 1 is 0.741 bits per heavy atom. The minimum absolute atomic E-state index is 0.935.